The normalized spacial score (nSPS) is 10.9. The molecular weight excluding hydrogens is 204 g/mol. The second kappa shape index (κ2) is 6.05. The van der Waals surface area contributed by atoms with Crippen LogP contribution in [0.25, 0.3) is 12.2 Å². The Hall–Kier alpha value is -1.82. The van der Waals surface area contributed by atoms with Gasteiger partial charge in [-0.25, -0.2) is 0 Å². The van der Waals surface area contributed by atoms with Gasteiger partial charge in [0, 0.05) is 0 Å². The van der Waals surface area contributed by atoms with Crippen molar-refractivity contribution < 1.29 is 0 Å². The van der Waals surface area contributed by atoms with E-state index in [1.165, 1.54) is 29.5 Å². The summed E-state index contributed by atoms with van der Waals surface area (Å²) in [6, 6.07) is 19.2. The van der Waals surface area contributed by atoms with Crippen molar-refractivity contribution in [1.29, 1.82) is 0 Å². The molecule has 0 amide bonds. The summed E-state index contributed by atoms with van der Waals surface area (Å²) in [4.78, 5) is 0. The second-order valence-electron chi connectivity index (χ2n) is 4.24. The first kappa shape index (κ1) is 11.7. The minimum Gasteiger partial charge on any atom is -0.0651 e. The van der Waals surface area contributed by atoms with Gasteiger partial charge in [-0.05, 0) is 23.1 Å². The van der Waals surface area contributed by atoms with Crippen LogP contribution in [0.1, 0.15) is 30.0 Å². The van der Waals surface area contributed by atoms with E-state index in [1.54, 1.807) is 0 Å². The van der Waals surface area contributed by atoms with Gasteiger partial charge in [0.05, 0.1) is 0 Å². The van der Waals surface area contributed by atoms with Crippen molar-refractivity contribution in [2.45, 2.75) is 19.8 Å². The number of hydrogen-bond acceptors (Lipinski definition) is 0. The molecule has 86 valence electrons. The van der Waals surface area contributed by atoms with Crippen molar-refractivity contribution in [2.24, 2.45) is 0 Å². The standard InChI is InChI=1S/C17H18/c1-2-6-15-9-12-17(13-10-15)14-11-16-7-4-3-5-8-16/h3-5,7-14H,2,6H2,1H3/b14-11-. The van der Waals surface area contributed by atoms with Crippen molar-refractivity contribution in [2.75, 3.05) is 0 Å². The molecule has 0 spiro atoms. The lowest BCUT2D eigenvalue weighted by molar-refractivity contribution is 0.922. The van der Waals surface area contributed by atoms with Crippen molar-refractivity contribution in [3.63, 3.8) is 0 Å². The average Bonchev–Trinajstić information content (AvgIpc) is 2.40. The smallest absolute Gasteiger partial charge is 0.0256 e. The minimum atomic E-state index is 1.17. The number of aryl methyl sites for hydroxylation is 1. The highest BCUT2D eigenvalue weighted by molar-refractivity contribution is 5.69. The molecule has 0 fully saturated rings. The summed E-state index contributed by atoms with van der Waals surface area (Å²) in [6.07, 6.45) is 6.68. The van der Waals surface area contributed by atoms with E-state index in [1.807, 2.05) is 6.07 Å². The van der Waals surface area contributed by atoms with Crippen LogP contribution in [0.3, 0.4) is 0 Å². The van der Waals surface area contributed by atoms with E-state index in [4.69, 9.17) is 0 Å². The van der Waals surface area contributed by atoms with Crippen LogP contribution in [0, 0.1) is 0 Å². The van der Waals surface area contributed by atoms with E-state index in [2.05, 4.69) is 67.6 Å². The summed E-state index contributed by atoms with van der Waals surface area (Å²) >= 11 is 0. The van der Waals surface area contributed by atoms with Crippen LogP contribution in [0.4, 0.5) is 0 Å². The Morgan fingerprint density at radius 1 is 0.765 bits per heavy atom. The lowest BCUT2D eigenvalue weighted by atomic mass is 10.1. The Kier molecular flexibility index (Phi) is 4.15. The number of benzene rings is 2. The molecule has 0 heteroatoms. The summed E-state index contributed by atoms with van der Waals surface area (Å²) in [5.74, 6) is 0. The van der Waals surface area contributed by atoms with Crippen molar-refractivity contribution in [3.8, 4) is 0 Å². The van der Waals surface area contributed by atoms with Gasteiger partial charge in [-0.15, -0.1) is 0 Å². The molecule has 0 saturated heterocycles. The third kappa shape index (κ3) is 3.60. The van der Waals surface area contributed by atoms with Crippen LogP contribution in [-0.2, 0) is 6.42 Å². The Balaban J connectivity index is 2.06. The molecule has 17 heavy (non-hydrogen) atoms. The zero-order chi connectivity index (χ0) is 11.9. The van der Waals surface area contributed by atoms with Crippen molar-refractivity contribution in [3.05, 3.63) is 71.3 Å². The van der Waals surface area contributed by atoms with Crippen LogP contribution >= 0.6 is 0 Å². The summed E-state index contributed by atoms with van der Waals surface area (Å²) in [7, 11) is 0. The van der Waals surface area contributed by atoms with Gasteiger partial charge in [0.2, 0.25) is 0 Å². The average molecular weight is 222 g/mol. The summed E-state index contributed by atoms with van der Waals surface area (Å²) in [5, 5.41) is 0. The lowest BCUT2D eigenvalue weighted by Gasteiger charge is -1.99. The fraction of sp³-hybridized carbons (Fsp3) is 0.176. The highest BCUT2D eigenvalue weighted by Crippen LogP contribution is 2.10. The maximum atomic E-state index is 2.22. The van der Waals surface area contributed by atoms with Crippen LogP contribution in [0.15, 0.2) is 54.6 Å². The van der Waals surface area contributed by atoms with E-state index < -0.39 is 0 Å². The van der Waals surface area contributed by atoms with E-state index >= 15 is 0 Å². The molecule has 0 saturated carbocycles. The first-order chi connectivity index (χ1) is 8.38. The minimum absolute atomic E-state index is 1.17. The molecule has 0 aliphatic carbocycles. The van der Waals surface area contributed by atoms with E-state index in [9.17, 15) is 0 Å². The largest absolute Gasteiger partial charge is 0.0651 e. The molecule has 0 N–H and O–H groups in total. The van der Waals surface area contributed by atoms with Gasteiger partial charge in [-0.2, -0.15) is 0 Å². The van der Waals surface area contributed by atoms with Gasteiger partial charge in [-0.1, -0.05) is 80.1 Å². The van der Waals surface area contributed by atoms with E-state index in [0.29, 0.717) is 0 Å². The van der Waals surface area contributed by atoms with E-state index in [0.717, 1.165) is 0 Å². The van der Waals surface area contributed by atoms with Crippen LogP contribution < -0.4 is 0 Å². The molecule has 0 aliphatic rings. The molecule has 0 atom stereocenters. The first-order valence-electron chi connectivity index (χ1n) is 6.20. The van der Waals surface area contributed by atoms with Crippen LogP contribution in [0.2, 0.25) is 0 Å². The molecule has 2 aromatic carbocycles. The Bertz CT molecular complexity index is 463. The summed E-state index contributed by atoms with van der Waals surface area (Å²) < 4.78 is 0. The van der Waals surface area contributed by atoms with Gasteiger partial charge in [0.15, 0.2) is 0 Å². The summed E-state index contributed by atoms with van der Waals surface area (Å²) in [5.41, 5.74) is 3.92. The molecule has 0 unspecified atom stereocenters. The number of hydrogen-bond donors (Lipinski definition) is 0. The fourth-order valence-corrected chi connectivity index (χ4v) is 1.84. The zero-order valence-electron chi connectivity index (χ0n) is 10.3. The third-order valence-corrected chi connectivity index (χ3v) is 2.79. The monoisotopic (exact) mass is 222 g/mol. The Morgan fingerprint density at radius 2 is 1.35 bits per heavy atom. The van der Waals surface area contributed by atoms with E-state index in [-0.39, 0.29) is 0 Å². The predicted molar refractivity (Wildman–Crippen MR) is 75.8 cm³/mol. The first-order valence-corrected chi connectivity index (χ1v) is 6.20. The highest BCUT2D eigenvalue weighted by Gasteiger charge is 1.91. The third-order valence-electron chi connectivity index (χ3n) is 2.79. The Labute approximate surface area is 104 Å². The van der Waals surface area contributed by atoms with Crippen molar-refractivity contribution >= 4 is 12.2 Å². The van der Waals surface area contributed by atoms with Gasteiger partial charge >= 0.3 is 0 Å². The lowest BCUT2D eigenvalue weighted by Crippen LogP contribution is -1.82. The Morgan fingerprint density at radius 3 is 1.94 bits per heavy atom. The topological polar surface area (TPSA) is 0 Å². The SMILES string of the molecule is CCCc1ccc(/C=C\c2ccccc2)cc1. The molecule has 2 rings (SSSR count). The quantitative estimate of drug-likeness (QED) is 0.651. The van der Waals surface area contributed by atoms with Crippen LogP contribution in [-0.4, -0.2) is 0 Å². The summed E-state index contributed by atoms with van der Waals surface area (Å²) in [6.45, 7) is 2.21. The van der Waals surface area contributed by atoms with Gasteiger partial charge in [0.1, 0.15) is 0 Å². The van der Waals surface area contributed by atoms with Gasteiger partial charge < -0.3 is 0 Å². The molecule has 0 aromatic heterocycles. The van der Waals surface area contributed by atoms with Crippen molar-refractivity contribution in [1.82, 2.24) is 0 Å². The second-order valence-corrected chi connectivity index (χ2v) is 4.24. The highest BCUT2D eigenvalue weighted by atomic mass is 14.0. The zero-order valence-corrected chi connectivity index (χ0v) is 10.3. The molecule has 0 radical (unpaired) electrons. The molecular formula is C17H18. The maximum absolute atomic E-state index is 2.22. The van der Waals surface area contributed by atoms with Gasteiger partial charge in [0.25, 0.3) is 0 Å². The fourth-order valence-electron chi connectivity index (χ4n) is 1.84. The van der Waals surface area contributed by atoms with Gasteiger partial charge in [-0.3, -0.25) is 0 Å². The molecule has 2 aromatic rings. The molecule has 0 nitrogen and oxygen atoms in total. The predicted octanol–water partition coefficient (Wildman–Crippen LogP) is 4.81. The number of rotatable bonds is 4. The molecule has 0 bridgehead atoms. The maximum Gasteiger partial charge on any atom is -0.0256 e. The van der Waals surface area contributed by atoms with Crippen LogP contribution in [0.5, 0.6) is 0 Å². The molecule has 0 aliphatic heterocycles. The molecule has 0 heterocycles.